The summed E-state index contributed by atoms with van der Waals surface area (Å²) in [6.07, 6.45) is 1.41. The number of carbonyl (C=O) groups excluding carboxylic acids is 2. The van der Waals surface area contributed by atoms with Crippen LogP contribution in [0.5, 0.6) is 0 Å². The van der Waals surface area contributed by atoms with Crippen molar-refractivity contribution in [2.45, 2.75) is 13.5 Å². The minimum atomic E-state index is -0.437. The smallest absolute Gasteiger partial charge is 0.291 e. The van der Waals surface area contributed by atoms with Crippen molar-refractivity contribution in [3.63, 3.8) is 0 Å². The first-order chi connectivity index (χ1) is 13.1. The average molecular weight is 366 g/mol. The van der Waals surface area contributed by atoms with Crippen molar-refractivity contribution in [2.75, 3.05) is 11.9 Å². The van der Waals surface area contributed by atoms with Gasteiger partial charge in [0.05, 0.1) is 17.5 Å². The summed E-state index contributed by atoms with van der Waals surface area (Å²) in [6, 6.07) is 16.1. The van der Waals surface area contributed by atoms with E-state index in [0.29, 0.717) is 23.4 Å². The summed E-state index contributed by atoms with van der Waals surface area (Å²) >= 11 is 0. The Morgan fingerprint density at radius 3 is 2.59 bits per heavy atom. The standard InChI is InChI=1S/C21H19FN2O3/c1-2-24(14-15-7-5-8-16(22)13-15)21(26)17-9-3-4-10-18(17)23-20(25)19-11-6-12-27-19/h3-13H,2,14H2,1H3,(H,23,25). The molecule has 1 aromatic heterocycles. The molecule has 0 unspecified atom stereocenters. The van der Waals surface area contributed by atoms with Gasteiger partial charge in [0.2, 0.25) is 0 Å². The fourth-order valence-electron chi connectivity index (χ4n) is 2.72. The van der Waals surface area contributed by atoms with Crippen molar-refractivity contribution < 1.29 is 18.4 Å². The first-order valence-electron chi connectivity index (χ1n) is 8.56. The largest absolute Gasteiger partial charge is 0.459 e. The molecule has 0 atom stereocenters. The fourth-order valence-corrected chi connectivity index (χ4v) is 2.72. The van der Waals surface area contributed by atoms with Crippen molar-refractivity contribution in [1.29, 1.82) is 0 Å². The third-order valence-electron chi connectivity index (χ3n) is 4.08. The molecule has 0 saturated carbocycles. The number of nitrogens with one attached hydrogen (secondary N) is 1. The minimum Gasteiger partial charge on any atom is -0.459 e. The van der Waals surface area contributed by atoms with E-state index in [1.54, 1.807) is 53.4 Å². The zero-order valence-electron chi connectivity index (χ0n) is 14.8. The Bertz CT molecular complexity index is 938. The first kappa shape index (κ1) is 18.4. The molecule has 3 rings (SSSR count). The van der Waals surface area contributed by atoms with Crippen molar-refractivity contribution in [3.8, 4) is 0 Å². The summed E-state index contributed by atoms with van der Waals surface area (Å²) < 4.78 is 18.5. The molecule has 5 nitrogen and oxygen atoms in total. The lowest BCUT2D eigenvalue weighted by Crippen LogP contribution is -2.31. The maximum absolute atomic E-state index is 13.4. The van der Waals surface area contributed by atoms with Crippen LogP contribution in [-0.4, -0.2) is 23.3 Å². The van der Waals surface area contributed by atoms with Crippen LogP contribution in [0.25, 0.3) is 0 Å². The van der Waals surface area contributed by atoms with Gasteiger partial charge in [-0.15, -0.1) is 0 Å². The van der Waals surface area contributed by atoms with Crippen molar-refractivity contribution in [1.82, 2.24) is 4.90 Å². The number of nitrogens with zero attached hydrogens (tertiary/aromatic N) is 1. The van der Waals surface area contributed by atoms with Gasteiger partial charge in [-0.25, -0.2) is 4.39 Å². The van der Waals surface area contributed by atoms with Gasteiger partial charge in [-0.05, 0) is 48.9 Å². The Kier molecular flexibility index (Phi) is 5.66. The van der Waals surface area contributed by atoms with E-state index in [1.165, 1.54) is 18.4 Å². The molecule has 2 aromatic carbocycles. The van der Waals surface area contributed by atoms with Crippen LogP contribution in [0.3, 0.4) is 0 Å². The Balaban J connectivity index is 1.81. The molecule has 1 N–H and O–H groups in total. The summed E-state index contributed by atoms with van der Waals surface area (Å²) in [6.45, 7) is 2.56. The van der Waals surface area contributed by atoms with Crippen LogP contribution in [-0.2, 0) is 6.54 Å². The summed E-state index contributed by atoms with van der Waals surface area (Å²) in [5.74, 6) is -0.878. The predicted octanol–water partition coefficient (Wildman–Crippen LogP) is 4.33. The molecule has 0 fully saturated rings. The lowest BCUT2D eigenvalue weighted by Gasteiger charge is -2.22. The van der Waals surface area contributed by atoms with Crippen LogP contribution in [0.15, 0.2) is 71.3 Å². The highest BCUT2D eigenvalue weighted by atomic mass is 19.1. The lowest BCUT2D eigenvalue weighted by molar-refractivity contribution is 0.0753. The highest BCUT2D eigenvalue weighted by molar-refractivity contribution is 6.07. The molecule has 0 bridgehead atoms. The van der Waals surface area contributed by atoms with Crippen molar-refractivity contribution in [2.24, 2.45) is 0 Å². The second-order valence-electron chi connectivity index (χ2n) is 5.93. The number of carbonyl (C=O) groups is 2. The number of halogens is 1. The maximum Gasteiger partial charge on any atom is 0.291 e. The topological polar surface area (TPSA) is 62.6 Å². The van der Waals surface area contributed by atoms with E-state index in [2.05, 4.69) is 5.32 Å². The summed E-state index contributed by atoms with van der Waals surface area (Å²) in [4.78, 5) is 26.8. The van der Waals surface area contributed by atoms with E-state index in [0.717, 1.165) is 0 Å². The second-order valence-corrected chi connectivity index (χ2v) is 5.93. The minimum absolute atomic E-state index is 0.157. The van der Waals surface area contributed by atoms with Crippen molar-refractivity contribution in [3.05, 3.63) is 89.6 Å². The van der Waals surface area contributed by atoms with Gasteiger partial charge in [-0.3, -0.25) is 9.59 Å². The third kappa shape index (κ3) is 4.41. The van der Waals surface area contributed by atoms with Gasteiger partial charge in [-0.2, -0.15) is 0 Å². The molecular formula is C21H19FN2O3. The number of rotatable bonds is 6. The molecule has 27 heavy (non-hydrogen) atoms. The van der Waals surface area contributed by atoms with Crippen LogP contribution in [0, 0.1) is 5.82 Å². The quantitative estimate of drug-likeness (QED) is 0.706. The molecule has 0 aliphatic heterocycles. The van der Waals surface area contributed by atoms with Gasteiger partial charge in [-0.1, -0.05) is 24.3 Å². The number of furan rings is 1. The molecule has 0 aliphatic rings. The number of para-hydroxylation sites is 1. The monoisotopic (exact) mass is 366 g/mol. The Hall–Kier alpha value is -3.41. The van der Waals surface area contributed by atoms with Crippen molar-refractivity contribution >= 4 is 17.5 Å². The molecular weight excluding hydrogens is 347 g/mol. The van der Waals surface area contributed by atoms with Gasteiger partial charge >= 0.3 is 0 Å². The van der Waals surface area contributed by atoms with E-state index in [4.69, 9.17) is 4.42 Å². The maximum atomic E-state index is 13.4. The van der Waals surface area contributed by atoms with Gasteiger partial charge in [0.25, 0.3) is 11.8 Å². The number of benzene rings is 2. The van der Waals surface area contributed by atoms with Crippen LogP contribution in [0.2, 0.25) is 0 Å². The highest BCUT2D eigenvalue weighted by Crippen LogP contribution is 2.20. The second kappa shape index (κ2) is 8.31. The molecule has 138 valence electrons. The van der Waals surface area contributed by atoms with E-state index in [1.807, 2.05) is 6.92 Å². The summed E-state index contributed by atoms with van der Waals surface area (Å²) in [7, 11) is 0. The SMILES string of the molecule is CCN(Cc1cccc(F)c1)C(=O)c1ccccc1NC(=O)c1ccco1. The summed E-state index contributed by atoms with van der Waals surface area (Å²) in [5, 5.41) is 2.71. The molecule has 1 heterocycles. The zero-order valence-corrected chi connectivity index (χ0v) is 14.8. The van der Waals surface area contributed by atoms with Crippen LogP contribution in [0.1, 0.15) is 33.4 Å². The molecule has 0 saturated heterocycles. The van der Waals surface area contributed by atoms with E-state index in [-0.39, 0.29) is 24.0 Å². The molecule has 2 amide bonds. The lowest BCUT2D eigenvalue weighted by atomic mass is 10.1. The average Bonchev–Trinajstić information content (AvgIpc) is 3.21. The Morgan fingerprint density at radius 2 is 1.89 bits per heavy atom. The molecule has 0 aliphatic carbocycles. The van der Waals surface area contributed by atoms with E-state index >= 15 is 0 Å². The Labute approximate surface area is 156 Å². The zero-order chi connectivity index (χ0) is 19.2. The Morgan fingerprint density at radius 1 is 1.07 bits per heavy atom. The predicted molar refractivity (Wildman–Crippen MR) is 99.9 cm³/mol. The first-order valence-corrected chi connectivity index (χ1v) is 8.56. The summed E-state index contributed by atoms with van der Waals surface area (Å²) in [5.41, 5.74) is 1.44. The number of hydrogen-bond acceptors (Lipinski definition) is 3. The van der Waals surface area contributed by atoms with Gasteiger partial charge in [0.15, 0.2) is 5.76 Å². The molecule has 3 aromatic rings. The number of anilines is 1. The number of amides is 2. The number of hydrogen-bond donors (Lipinski definition) is 1. The van der Waals surface area contributed by atoms with E-state index in [9.17, 15) is 14.0 Å². The van der Waals surface area contributed by atoms with Crippen LogP contribution in [0.4, 0.5) is 10.1 Å². The van der Waals surface area contributed by atoms with Crippen LogP contribution >= 0.6 is 0 Å². The van der Waals surface area contributed by atoms with Gasteiger partial charge in [0.1, 0.15) is 5.82 Å². The highest BCUT2D eigenvalue weighted by Gasteiger charge is 2.20. The third-order valence-corrected chi connectivity index (χ3v) is 4.08. The van der Waals surface area contributed by atoms with E-state index < -0.39 is 5.91 Å². The van der Waals surface area contributed by atoms with Gasteiger partial charge in [0, 0.05) is 13.1 Å². The molecule has 6 heteroatoms. The molecule has 0 spiro atoms. The molecule has 0 radical (unpaired) electrons. The van der Waals surface area contributed by atoms with Crippen LogP contribution < -0.4 is 5.32 Å². The normalized spacial score (nSPS) is 10.4. The fraction of sp³-hybridized carbons (Fsp3) is 0.143. The van der Waals surface area contributed by atoms with Gasteiger partial charge < -0.3 is 14.6 Å².